The number of rotatable bonds is 8. The Morgan fingerprint density at radius 1 is 1.29 bits per heavy atom. The summed E-state index contributed by atoms with van der Waals surface area (Å²) >= 11 is 0. The van der Waals surface area contributed by atoms with Gasteiger partial charge < -0.3 is 15.0 Å². The van der Waals surface area contributed by atoms with Gasteiger partial charge in [-0.3, -0.25) is 4.99 Å². The Kier molecular flexibility index (Phi) is 8.60. The maximum Gasteiger partial charge on any atom is 0.411 e. The summed E-state index contributed by atoms with van der Waals surface area (Å²) in [5, 5.41) is 3.19. The van der Waals surface area contributed by atoms with Gasteiger partial charge in [-0.2, -0.15) is 13.2 Å². The molecule has 0 saturated heterocycles. The van der Waals surface area contributed by atoms with Gasteiger partial charge >= 0.3 is 6.18 Å². The minimum absolute atomic E-state index is 0.0456. The first-order valence-corrected chi connectivity index (χ1v) is 8.02. The van der Waals surface area contributed by atoms with Crippen molar-refractivity contribution >= 4 is 5.96 Å². The molecular formula is C17H26F3N3O. The molecule has 0 spiro atoms. The second-order valence-corrected chi connectivity index (χ2v) is 5.54. The lowest BCUT2D eigenvalue weighted by molar-refractivity contribution is -0.173. The van der Waals surface area contributed by atoms with Gasteiger partial charge in [0.25, 0.3) is 0 Å². The number of halogens is 3. The molecule has 7 heteroatoms. The van der Waals surface area contributed by atoms with Gasteiger partial charge in [-0.15, -0.1) is 0 Å². The molecule has 0 aliphatic rings. The smallest absolute Gasteiger partial charge is 0.372 e. The molecule has 1 N–H and O–H groups in total. The Balaban J connectivity index is 2.48. The molecule has 0 fully saturated rings. The summed E-state index contributed by atoms with van der Waals surface area (Å²) < 4.78 is 40.5. The van der Waals surface area contributed by atoms with Gasteiger partial charge in [-0.05, 0) is 31.4 Å². The van der Waals surface area contributed by atoms with Crippen molar-refractivity contribution in [1.82, 2.24) is 10.2 Å². The fourth-order valence-electron chi connectivity index (χ4n) is 2.13. The second-order valence-electron chi connectivity index (χ2n) is 5.54. The van der Waals surface area contributed by atoms with Crippen LogP contribution in [0.15, 0.2) is 29.3 Å². The average Bonchev–Trinajstić information content (AvgIpc) is 2.50. The Morgan fingerprint density at radius 3 is 2.62 bits per heavy atom. The van der Waals surface area contributed by atoms with Crippen LogP contribution < -0.4 is 5.32 Å². The molecular weight excluding hydrogens is 319 g/mol. The van der Waals surface area contributed by atoms with E-state index in [0.29, 0.717) is 19.5 Å². The van der Waals surface area contributed by atoms with E-state index in [-0.39, 0.29) is 6.61 Å². The van der Waals surface area contributed by atoms with Crippen LogP contribution in [0.5, 0.6) is 0 Å². The maximum atomic E-state index is 12.0. The lowest BCUT2D eigenvalue weighted by Gasteiger charge is -2.23. The third-order valence-electron chi connectivity index (χ3n) is 3.34. The molecule has 136 valence electrons. The molecule has 0 unspecified atom stereocenters. The zero-order chi connectivity index (χ0) is 18.0. The number of guanidine groups is 1. The van der Waals surface area contributed by atoms with Crippen LogP contribution in [0.1, 0.15) is 24.5 Å². The molecule has 0 aromatic heterocycles. The summed E-state index contributed by atoms with van der Waals surface area (Å²) in [7, 11) is 1.94. The Labute approximate surface area is 141 Å². The van der Waals surface area contributed by atoms with E-state index in [0.717, 1.165) is 12.5 Å². The first kappa shape index (κ1) is 20.3. The molecule has 0 atom stereocenters. The molecule has 1 aromatic rings. The van der Waals surface area contributed by atoms with Gasteiger partial charge in [0.1, 0.15) is 6.61 Å². The summed E-state index contributed by atoms with van der Waals surface area (Å²) in [6.45, 7) is 4.73. The summed E-state index contributed by atoms with van der Waals surface area (Å²) in [5.74, 6) is 0.733. The molecule has 4 nitrogen and oxygen atoms in total. The minimum Gasteiger partial charge on any atom is -0.372 e. The standard InChI is InChI=1S/C17H26F3N3O/c1-4-21-16(22-10-7-11-24-13-17(18,19)20)23(3)12-15-9-6-5-8-14(15)2/h5-6,8-9H,4,7,10-13H2,1-3H3,(H,21,22). The van der Waals surface area contributed by atoms with Crippen molar-refractivity contribution in [3.63, 3.8) is 0 Å². The Bertz CT molecular complexity index is 518. The highest BCUT2D eigenvalue weighted by Crippen LogP contribution is 2.14. The van der Waals surface area contributed by atoms with E-state index < -0.39 is 12.8 Å². The molecule has 0 saturated carbocycles. The summed E-state index contributed by atoms with van der Waals surface area (Å²) in [4.78, 5) is 6.45. The Morgan fingerprint density at radius 2 is 2.00 bits per heavy atom. The van der Waals surface area contributed by atoms with E-state index in [4.69, 9.17) is 0 Å². The van der Waals surface area contributed by atoms with Crippen LogP contribution in [0.2, 0.25) is 0 Å². The van der Waals surface area contributed by atoms with Crippen molar-refractivity contribution < 1.29 is 17.9 Å². The average molecular weight is 345 g/mol. The van der Waals surface area contributed by atoms with Crippen molar-refractivity contribution in [3.8, 4) is 0 Å². The van der Waals surface area contributed by atoms with Crippen LogP contribution in [0.3, 0.4) is 0 Å². The number of hydrogen-bond donors (Lipinski definition) is 1. The first-order valence-electron chi connectivity index (χ1n) is 8.02. The van der Waals surface area contributed by atoms with E-state index in [2.05, 4.69) is 34.1 Å². The topological polar surface area (TPSA) is 36.9 Å². The van der Waals surface area contributed by atoms with Gasteiger partial charge in [0.2, 0.25) is 0 Å². The number of nitrogens with zero attached hydrogens (tertiary/aromatic N) is 2. The monoisotopic (exact) mass is 345 g/mol. The largest absolute Gasteiger partial charge is 0.411 e. The normalized spacial score (nSPS) is 12.3. The quantitative estimate of drug-likeness (QED) is 0.446. The number of aryl methyl sites for hydroxylation is 1. The number of aliphatic imine (C=N–C) groups is 1. The third kappa shape index (κ3) is 8.19. The van der Waals surface area contributed by atoms with Gasteiger partial charge in [0.15, 0.2) is 5.96 Å². The molecule has 0 aliphatic carbocycles. The number of alkyl halides is 3. The molecule has 0 aliphatic heterocycles. The predicted molar refractivity (Wildman–Crippen MR) is 90.1 cm³/mol. The SMILES string of the molecule is CCNC(=NCCCOCC(F)(F)F)N(C)Cc1ccccc1C. The van der Waals surface area contributed by atoms with Crippen LogP contribution in [-0.2, 0) is 11.3 Å². The van der Waals surface area contributed by atoms with E-state index in [1.54, 1.807) is 0 Å². The van der Waals surface area contributed by atoms with E-state index >= 15 is 0 Å². The Hall–Kier alpha value is -1.76. The van der Waals surface area contributed by atoms with Crippen molar-refractivity contribution in [3.05, 3.63) is 35.4 Å². The van der Waals surface area contributed by atoms with E-state index in [9.17, 15) is 13.2 Å². The lowest BCUT2D eigenvalue weighted by Crippen LogP contribution is -2.38. The highest BCUT2D eigenvalue weighted by molar-refractivity contribution is 5.79. The summed E-state index contributed by atoms with van der Waals surface area (Å²) in [6, 6.07) is 8.13. The van der Waals surface area contributed by atoms with Crippen molar-refractivity contribution in [2.45, 2.75) is 33.0 Å². The van der Waals surface area contributed by atoms with Crippen LogP contribution in [0, 0.1) is 6.92 Å². The summed E-state index contributed by atoms with van der Waals surface area (Å²) in [6.07, 6.45) is -3.82. The molecule has 0 heterocycles. The third-order valence-corrected chi connectivity index (χ3v) is 3.34. The number of ether oxygens (including phenoxy) is 1. The zero-order valence-electron chi connectivity index (χ0n) is 14.5. The molecule has 1 rings (SSSR count). The predicted octanol–water partition coefficient (Wildman–Crippen LogP) is 3.36. The van der Waals surface area contributed by atoms with Crippen LogP contribution >= 0.6 is 0 Å². The van der Waals surface area contributed by atoms with Crippen molar-refractivity contribution in [2.75, 3.05) is 33.4 Å². The van der Waals surface area contributed by atoms with Crippen LogP contribution in [0.4, 0.5) is 13.2 Å². The van der Waals surface area contributed by atoms with Crippen LogP contribution in [-0.4, -0.2) is 50.4 Å². The van der Waals surface area contributed by atoms with Gasteiger partial charge in [-0.1, -0.05) is 24.3 Å². The molecule has 1 aromatic carbocycles. The fraction of sp³-hybridized carbons (Fsp3) is 0.588. The van der Waals surface area contributed by atoms with Crippen molar-refractivity contribution in [2.24, 2.45) is 4.99 Å². The molecule has 24 heavy (non-hydrogen) atoms. The van der Waals surface area contributed by atoms with Gasteiger partial charge in [0, 0.05) is 33.3 Å². The molecule has 0 amide bonds. The highest BCUT2D eigenvalue weighted by atomic mass is 19.4. The second kappa shape index (κ2) is 10.2. The molecule has 0 radical (unpaired) electrons. The van der Waals surface area contributed by atoms with E-state index in [1.807, 2.05) is 31.0 Å². The number of hydrogen-bond acceptors (Lipinski definition) is 2. The molecule has 0 bridgehead atoms. The number of nitrogens with one attached hydrogen (secondary N) is 1. The zero-order valence-corrected chi connectivity index (χ0v) is 14.5. The fourth-order valence-corrected chi connectivity index (χ4v) is 2.13. The lowest BCUT2D eigenvalue weighted by atomic mass is 10.1. The maximum absolute atomic E-state index is 12.0. The van der Waals surface area contributed by atoms with Gasteiger partial charge in [-0.25, -0.2) is 0 Å². The van der Waals surface area contributed by atoms with Gasteiger partial charge in [0.05, 0.1) is 0 Å². The summed E-state index contributed by atoms with van der Waals surface area (Å²) in [5.41, 5.74) is 2.42. The minimum atomic E-state index is -4.27. The van der Waals surface area contributed by atoms with E-state index in [1.165, 1.54) is 11.1 Å². The first-order chi connectivity index (χ1) is 11.3. The van der Waals surface area contributed by atoms with Crippen LogP contribution in [0.25, 0.3) is 0 Å². The number of benzene rings is 1. The highest BCUT2D eigenvalue weighted by Gasteiger charge is 2.27. The van der Waals surface area contributed by atoms with Crippen molar-refractivity contribution in [1.29, 1.82) is 0 Å².